The quantitative estimate of drug-likeness (QED) is 0.644. The highest BCUT2D eigenvalue weighted by atomic mass is 35.5. The molecule has 0 N–H and O–H groups in total. The molecule has 1 fully saturated rings. The van der Waals surface area contributed by atoms with Crippen LogP contribution in [-0.2, 0) is 0 Å². The molecule has 1 heterocycles. The van der Waals surface area contributed by atoms with Gasteiger partial charge in [0.25, 0.3) is 0 Å². The van der Waals surface area contributed by atoms with Gasteiger partial charge in [-0.3, -0.25) is 4.98 Å². The van der Waals surface area contributed by atoms with Gasteiger partial charge in [-0.1, -0.05) is 6.42 Å². The molecule has 1 aromatic rings. The average Bonchev–Trinajstić information content (AvgIpc) is 2.18. The van der Waals surface area contributed by atoms with Gasteiger partial charge < -0.3 is 0 Å². The number of halogens is 1. The van der Waals surface area contributed by atoms with E-state index < -0.39 is 0 Å². The van der Waals surface area contributed by atoms with Crippen LogP contribution in [0.1, 0.15) is 42.7 Å². The van der Waals surface area contributed by atoms with Gasteiger partial charge in [0.15, 0.2) is 0 Å². The van der Waals surface area contributed by atoms with Crippen LogP contribution in [0.2, 0.25) is 0 Å². The maximum Gasteiger partial charge on any atom is 0.0341 e. The molecule has 0 bridgehead atoms. The van der Waals surface area contributed by atoms with Gasteiger partial charge in [-0.15, -0.1) is 11.6 Å². The first kappa shape index (κ1) is 9.97. The Balaban J connectivity index is 2.18. The molecule has 0 saturated heterocycles. The molecule has 0 spiro atoms. The molecule has 0 amide bonds. The minimum atomic E-state index is 0.369. The van der Waals surface area contributed by atoms with Crippen LogP contribution in [0, 0.1) is 6.92 Å². The van der Waals surface area contributed by atoms with Crippen molar-refractivity contribution in [2.75, 3.05) is 0 Å². The molecular formula is C12H16ClN. The second kappa shape index (κ2) is 4.31. The summed E-state index contributed by atoms with van der Waals surface area (Å²) in [6, 6.07) is 2.09. The molecule has 1 nitrogen and oxygen atoms in total. The topological polar surface area (TPSA) is 12.9 Å². The van der Waals surface area contributed by atoms with E-state index in [4.69, 9.17) is 11.6 Å². The van der Waals surface area contributed by atoms with Crippen molar-refractivity contribution in [3.05, 3.63) is 29.6 Å². The van der Waals surface area contributed by atoms with Crippen molar-refractivity contribution >= 4 is 11.6 Å². The molecule has 2 rings (SSSR count). The van der Waals surface area contributed by atoms with Crippen molar-refractivity contribution in [1.82, 2.24) is 4.98 Å². The number of alkyl halides is 1. The summed E-state index contributed by atoms with van der Waals surface area (Å²) in [5, 5.41) is 0.369. The molecule has 0 aromatic carbocycles. The van der Waals surface area contributed by atoms with Gasteiger partial charge in [0.1, 0.15) is 0 Å². The minimum absolute atomic E-state index is 0.369. The number of aryl methyl sites for hydroxylation is 1. The van der Waals surface area contributed by atoms with Gasteiger partial charge in [0.2, 0.25) is 0 Å². The van der Waals surface area contributed by atoms with Crippen molar-refractivity contribution < 1.29 is 0 Å². The second-order valence-corrected chi connectivity index (χ2v) is 4.81. The lowest BCUT2D eigenvalue weighted by atomic mass is 9.83. The summed E-state index contributed by atoms with van der Waals surface area (Å²) in [6.45, 7) is 2.16. The molecule has 1 aliphatic carbocycles. The van der Waals surface area contributed by atoms with Crippen LogP contribution in [0.5, 0.6) is 0 Å². The fourth-order valence-corrected chi connectivity index (χ4v) is 2.69. The largest absolute Gasteiger partial charge is 0.264 e. The van der Waals surface area contributed by atoms with Crippen LogP contribution < -0.4 is 0 Å². The van der Waals surface area contributed by atoms with E-state index in [9.17, 15) is 0 Å². The van der Waals surface area contributed by atoms with Crippen LogP contribution >= 0.6 is 11.6 Å². The average molecular weight is 210 g/mol. The van der Waals surface area contributed by atoms with Crippen LogP contribution in [0.3, 0.4) is 0 Å². The van der Waals surface area contributed by atoms with E-state index >= 15 is 0 Å². The highest BCUT2D eigenvalue weighted by Gasteiger charge is 2.22. The molecule has 0 aliphatic heterocycles. The Bertz CT molecular complexity index is 311. The molecule has 1 saturated carbocycles. The number of rotatable bonds is 1. The first-order valence-corrected chi connectivity index (χ1v) is 5.75. The van der Waals surface area contributed by atoms with Gasteiger partial charge in [-0.05, 0) is 49.3 Å². The van der Waals surface area contributed by atoms with Crippen LogP contribution in [0.4, 0.5) is 0 Å². The standard InChI is InChI=1S/C12H16ClN/c1-9-5-6-14-8-12(9)10-3-2-4-11(13)7-10/h5-6,8,10-11H,2-4,7H2,1H3. The Morgan fingerprint density at radius 1 is 1.43 bits per heavy atom. The Morgan fingerprint density at radius 2 is 2.29 bits per heavy atom. The fourth-order valence-electron chi connectivity index (χ4n) is 2.32. The zero-order valence-corrected chi connectivity index (χ0v) is 9.30. The maximum absolute atomic E-state index is 6.19. The summed E-state index contributed by atoms with van der Waals surface area (Å²) >= 11 is 6.19. The third-order valence-corrected chi connectivity index (χ3v) is 3.53. The molecular weight excluding hydrogens is 194 g/mol. The lowest BCUT2D eigenvalue weighted by Crippen LogP contribution is -2.14. The lowest BCUT2D eigenvalue weighted by molar-refractivity contribution is 0.447. The lowest BCUT2D eigenvalue weighted by Gasteiger charge is -2.26. The summed E-state index contributed by atoms with van der Waals surface area (Å²) in [6.07, 6.45) is 8.70. The highest BCUT2D eigenvalue weighted by Crippen LogP contribution is 2.35. The molecule has 2 unspecified atom stereocenters. The fraction of sp³-hybridized carbons (Fsp3) is 0.583. The zero-order chi connectivity index (χ0) is 9.97. The Kier molecular flexibility index (Phi) is 3.07. The number of pyridine rings is 1. The molecule has 0 radical (unpaired) electrons. The normalized spacial score (nSPS) is 27.6. The maximum atomic E-state index is 6.19. The van der Waals surface area contributed by atoms with E-state index in [0.717, 1.165) is 6.42 Å². The first-order valence-electron chi connectivity index (χ1n) is 5.32. The summed E-state index contributed by atoms with van der Waals surface area (Å²) in [7, 11) is 0. The van der Waals surface area contributed by atoms with Gasteiger partial charge >= 0.3 is 0 Å². The predicted octanol–water partition coefficient (Wildman–Crippen LogP) is 3.66. The van der Waals surface area contributed by atoms with E-state index in [1.54, 1.807) is 0 Å². The molecule has 76 valence electrons. The first-order chi connectivity index (χ1) is 6.77. The third kappa shape index (κ3) is 2.09. The smallest absolute Gasteiger partial charge is 0.0341 e. The van der Waals surface area contributed by atoms with Crippen molar-refractivity contribution in [2.24, 2.45) is 0 Å². The monoisotopic (exact) mass is 209 g/mol. The number of nitrogens with zero attached hydrogens (tertiary/aromatic N) is 1. The Labute approximate surface area is 90.5 Å². The Hall–Kier alpha value is -0.560. The Morgan fingerprint density at radius 3 is 3.00 bits per heavy atom. The van der Waals surface area contributed by atoms with Crippen molar-refractivity contribution in [2.45, 2.75) is 43.9 Å². The summed E-state index contributed by atoms with van der Waals surface area (Å²) in [5.74, 6) is 0.639. The molecule has 1 aliphatic rings. The number of aromatic nitrogens is 1. The van der Waals surface area contributed by atoms with Crippen molar-refractivity contribution in [3.63, 3.8) is 0 Å². The third-order valence-electron chi connectivity index (χ3n) is 3.13. The van der Waals surface area contributed by atoms with E-state index in [1.165, 1.54) is 30.4 Å². The van der Waals surface area contributed by atoms with Crippen molar-refractivity contribution in [1.29, 1.82) is 0 Å². The highest BCUT2D eigenvalue weighted by molar-refractivity contribution is 6.20. The van der Waals surface area contributed by atoms with E-state index in [2.05, 4.69) is 18.0 Å². The molecule has 2 heteroatoms. The second-order valence-electron chi connectivity index (χ2n) is 4.19. The van der Waals surface area contributed by atoms with E-state index in [-0.39, 0.29) is 0 Å². The minimum Gasteiger partial charge on any atom is -0.264 e. The number of hydrogen-bond acceptors (Lipinski definition) is 1. The SMILES string of the molecule is Cc1ccncc1C1CCCC(Cl)C1. The summed E-state index contributed by atoms with van der Waals surface area (Å²) < 4.78 is 0. The van der Waals surface area contributed by atoms with Crippen LogP contribution in [-0.4, -0.2) is 10.4 Å². The molecule has 14 heavy (non-hydrogen) atoms. The van der Waals surface area contributed by atoms with Crippen LogP contribution in [0.25, 0.3) is 0 Å². The molecule has 2 atom stereocenters. The predicted molar refractivity (Wildman–Crippen MR) is 59.8 cm³/mol. The van der Waals surface area contributed by atoms with Gasteiger partial charge in [-0.25, -0.2) is 0 Å². The van der Waals surface area contributed by atoms with Gasteiger partial charge in [-0.2, -0.15) is 0 Å². The van der Waals surface area contributed by atoms with E-state index in [0.29, 0.717) is 11.3 Å². The van der Waals surface area contributed by atoms with E-state index in [1.807, 2.05) is 12.4 Å². The van der Waals surface area contributed by atoms with Crippen LogP contribution in [0.15, 0.2) is 18.5 Å². The molecule has 1 aromatic heterocycles. The van der Waals surface area contributed by atoms with Crippen molar-refractivity contribution in [3.8, 4) is 0 Å². The summed E-state index contributed by atoms with van der Waals surface area (Å²) in [5.41, 5.74) is 2.76. The number of hydrogen-bond donors (Lipinski definition) is 0. The van der Waals surface area contributed by atoms with Gasteiger partial charge in [0.05, 0.1) is 0 Å². The zero-order valence-electron chi connectivity index (χ0n) is 8.54. The van der Waals surface area contributed by atoms with Gasteiger partial charge in [0, 0.05) is 17.8 Å². The summed E-state index contributed by atoms with van der Waals surface area (Å²) in [4.78, 5) is 4.20.